The predicted molar refractivity (Wildman–Crippen MR) is 181 cm³/mol. The van der Waals surface area contributed by atoms with Crippen LogP contribution >= 0.6 is 11.6 Å². The fourth-order valence-electron chi connectivity index (χ4n) is 8.72. The topological polar surface area (TPSA) is 124 Å². The molecule has 2 N–H and O–H groups in total. The van der Waals surface area contributed by atoms with E-state index in [1.807, 2.05) is 30.3 Å². The van der Waals surface area contributed by atoms with Crippen LogP contribution in [0.25, 0.3) is 16.6 Å². The van der Waals surface area contributed by atoms with Gasteiger partial charge in [0.1, 0.15) is 5.69 Å². The van der Waals surface area contributed by atoms with E-state index in [9.17, 15) is 22.8 Å². The van der Waals surface area contributed by atoms with E-state index >= 15 is 0 Å². The Labute approximate surface area is 278 Å². The number of nitrogens with zero attached hydrogens (tertiary/aromatic N) is 1. The highest BCUT2D eigenvalue weighted by molar-refractivity contribution is 7.88. The van der Waals surface area contributed by atoms with Crippen LogP contribution in [0.3, 0.4) is 0 Å². The molecule has 1 amide bonds. The van der Waals surface area contributed by atoms with E-state index < -0.39 is 21.5 Å². The summed E-state index contributed by atoms with van der Waals surface area (Å²) in [6.07, 6.45) is 5.69. The maximum atomic E-state index is 13.9. The zero-order valence-electron chi connectivity index (χ0n) is 26.2. The monoisotopic (exact) mass is 673 g/mol. The van der Waals surface area contributed by atoms with Gasteiger partial charge in [0.2, 0.25) is 10.0 Å². The minimum Gasteiger partial charge on any atom is -0.464 e. The van der Waals surface area contributed by atoms with Crippen LogP contribution in [0, 0.1) is 17.8 Å². The number of rotatable bonds is 8. The standard InChI is InChI=1S/C36H36ClN3O6S/c1-46-35(43)32-29(33(41)28-13-12-26(37)17-30(28)40(32)27-6-4-3-5-7-27)16-21-8-10-23(11-9-21)34(42)38-31-24-14-22-15-25(31)20-36(18-22,19-24)39-47(2,44)45/h3-13,17,22,24-25,31,39H,14-16,18-20H2,1-2H3,(H,38,42). The van der Waals surface area contributed by atoms with Crippen LogP contribution in [-0.4, -0.2) is 49.8 Å². The summed E-state index contributed by atoms with van der Waals surface area (Å²) in [6.45, 7) is 0. The number of fused-ring (bicyclic) bond motifs is 1. The van der Waals surface area contributed by atoms with E-state index in [4.69, 9.17) is 16.3 Å². The summed E-state index contributed by atoms with van der Waals surface area (Å²) in [6, 6.07) is 21.3. The molecule has 0 saturated heterocycles. The number of carbonyl (C=O) groups excluding carboxylic acids is 2. The number of aromatic nitrogens is 1. The number of hydrogen-bond acceptors (Lipinski definition) is 6. The number of methoxy groups -OCH3 is 1. The van der Waals surface area contributed by atoms with Crippen molar-refractivity contribution in [2.75, 3.05) is 13.4 Å². The van der Waals surface area contributed by atoms with Crippen LogP contribution in [0.5, 0.6) is 0 Å². The van der Waals surface area contributed by atoms with Crippen LogP contribution in [0.15, 0.2) is 77.6 Å². The number of nitrogens with one attached hydrogen (secondary N) is 2. The SMILES string of the molecule is COC(=O)c1c(Cc2ccc(C(=O)NC3C4CC5CC3CC(NS(C)(=O)=O)(C5)C4)cc2)c(=O)c2ccc(Cl)cc2n1-c1ccccc1. The first-order valence-electron chi connectivity index (χ1n) is 15.8. The van der Waals surface area contributed by atoms with Crippen molar-refractivity contribution in [2.45, 2.75) is 50.1 Å². The minimum atomic E-state index is -3.33. The third-order valence-electron chi connectivity index (χ3n) is 10.2. The quantitative estimate of drug-likeness (QED) is 0.247. The van der Waals surface area contributed by atoms with Gasteiger partial charge in [-0.3, -0.25) is 9.59 Å². The van der Waals surface area contributed by atoms with Gasteiger partial charge in [-0.15, -0.1) is 0 Å². The third kappa shape index (κ3) is 5.98. The molecule has 4 bridgehead atoms. The molecule has 244 valence electrons. The van der Waals surface area contributed by atoms with Crippen LogP contribution in [0.1, 0.15) is 64.1 Å². The summed E-state index contributed by atoms with van der Waals surface area (Å²) in [7, 11) is -2.04. The van der Waals surface area contributed by atoms with Crippen molar-refractivity contribution in [3.05, 3.63) is 110 Å². The molecule has 4 fully saturated rings. The van der Waals surface area contributed by atoms with Crippen molar-refractivity contribution < 1.29 is 22.7 Å². The Morgan fingerprint density at radius 1 is 0.979 bits per heavy atom. The summed E-state index contributed by atoms with van der Waals surface area (Å²) < 4.78 is 34.1. The smallest absolute Gasteiger partial charge is 0.355 e. The van der Waals surface area contributed by atoms with Gasteiger partial charge in [-0.1, -0.05) is 41.9 Å². The van der Waals surface area contributed by atoms with E-state index in [0.717, 1.165) is 37.7 Å². The average Bonchev–Trinajstić information content (AvgIpc) is 3.02. The zero-order valence-corrected chi connectivity index (χ0v) is 27.7. The lowest BCUT2D eigenvalue weighted by atomic mass is 9.51. The maximum Gasteiger partial charge on any atom is 0.355 e. The molecule has 1 heterocycles. The maximum absolute atomic E-state index is 13.9. The molecule has 11 heteroatoms. The van der Waals surface area contributed by atoms with Crippen LogP contribution in [-0.2, 0) is 21.2 Å². The second kappa shape index (κ2) is 11.9. The van der Waals surface area contributed by atoms with E-state index in [2.05, 4.69) is 10.0 Å². The number of pyridine rings is 1. The molecule has 4 aliphatic carbocycles. The minimum absolute atomic E-state index is 0.00150. The first kappa shape index (κ1) is 31.6. The van der Waals surface area contributed by atoms with Crippen LogP contribution < -0.4 is 15.5 Å². The Balaban J connectivity index is 1.17. The number of amides is 1. The molecule has 9 nitrogen and oxygen atoms in total. The Kier molecular flexibility index (Phi) is 8.01. The lowest BCUT2D eigenvalue weighted by Crippen LogP contribution is -2.66. The highest BCUT2D eigenvalue weighted by atomic mass is 35.5. The average molecular weight is 674 g/mol. The van der Waals surface area contributed by atoms with Gasteiger partial charge in [-0.05, 0) is 97.9 Å². The predicted octanol–water partition coefficient (Wildman–Crippen LogP) is 5.25. The summed E-state index contributed by atoms with van der Waals surface area (Å²) in [5, 5.41) is 4.12. The molecule has 2 atom stereocenters. The number of hydrogen-bond donors (Lipinski definition) is 2. The van der Waals surface area contributed by atoms with Gasteiger partial charge in [-0.25, -0.2) is 17.9 Å². The molecule has 0 radical (unpaired) electrons. The van der Waals surface area contributed by atoms with E-state index in [1.54, 1.807) is 47.0 Å². The van der Waals surface area contributed by atoms with E-state index in [-0.39, 0.29) is 46.9 Å². The lowest BCUT2D eigenvalue weighted by molar-refractivity contribution is -0.0347. The number of para-hydroxylation sites is 1. The van der Waals surface area contributed by atoms with Gasteiger partial charge in [0.05, 0.1) is 18.9 Å². The van der Waals surface area contributed by atoms with E-state index in [0.29, 0.717) is 33.1 Å². The first-order valence-corrected chi connectivity index (χ1v) is 18.1. The Morgan fingerprint density at radius 2 is 1.66 bits per heavy atom. The van der Waals surface area contributed by atoms with Gasteiger partial charge < -0.3 is 14.6 Å². The van der Waals surface area contributed by atoms with Crippen molar-refractivity contribution in [1.29, 1.82) is 0 Å². The molecule has 0 aliphatic heterocycles. The summed E-state index contributed by atoms with van der Waals surface area (Å²) in [4.78, 5) is 40.7. The molecule has 47 heavy (non-hydrogen) atoms. The number of benzene rings is 3. The first-order chi connectivity index (χ1) is 22.4. The number of halogens is 1. The van der Waals surface area contributed by atoms with Crippen LogP contribution in [0.4, 0.5) is 0 Å². The second-order valence-electron chi connectivity index (χ2n) is 13.5. The largest absolute Gasteiger partial charge is 0.464 e. The lowest BCUT2D eigenvalue weighted by Gasteiger charge is -2.59. The van der Waals surface area contributed by atoms with Crippen LogP contribution in [0.2, 0.25) is 5.02 Å². The zero-order chi connectivity index (χ0) is 33.1. The number of sulfonamides is 1. The fraction of sp³-hybridized carbons (Fsp3) is 0.361. The van der Waals surface area contributed by atoms with Gasteiger partial charge in [0.15, 0.2) is 5.43 Å². The van der Waals surface area contributed by atoms with Crippen molar-refractivity contribution in [2.24, 2.45) is 17.8 Å². The molecule has 4 saturated carbocycles. The molecule has 4 aliphatic rings. The third-order valence-corrected chi connectivity index (χ3v) is 11.2. The molecule has 4 aromatic rings. The van der Waals surface area contributed by atoms with Crippen molar-refractivity contribution >= 4 is 44.4 Å². The molecule has 2 unspecified atom stereocenters. The molecular formula is C36H36ClN3O6S. The highest BCUT2D eigenvalue weighted by Crippen LogP contribution is 2.56. The summed E-state index contributed by atoms with van der Waals surface area (Å²) >= 11 is 6.34. The Morgan fingerprint density at radius 3 is 2.30 bits per heavy atom. The highest BCUT2D eigenvalue weighted by Gasteiger charge is 2.56. The van der Waals surface area contributed by atoms with Crippen molar-refractivity contribution in [1.82, 2.24) is 14.6 Å². The second-order valence-corrected chi connectivity index (χ2v) is 15.7. The number of ether oxygens (including phenoxy) is 1. The Hall–Kier alpha value is -3.99. The fourth-order valence-corrected chi connectivity index (χ4v) is 9.92. The normalized spacial score (nSPS) is 24.7. The van der Waals surface area contributed by atoms with E-state index in [1.165, 1.54) is 13.4 Å². The molecule has 0 spiro atoms. The van der Waals surface area contributed by atoms with Gasteiger partial charge in [0, 0.05) is 45.2 Å². The van der Waals surface area contributed by atoms with Crippen molar-refractivity contribution in [3.8, 4) is 5.69 Å². The molecular weight excluding hydrogens is 638 g/mol. The Bertz CT molecular complexity index is 2050. The molecule has 1 aromatic heterocycles. The number of carbonyl (C=O) groups is 2. The number of esters is 1. The summed E-state index contributed by atoms with van der Waals surface area (Å²) in [5.74, 6) is 0.101. The van der Waals surface area contributed by atoms with Crippen molar-refractivity contribution in [3.63, 3.8) is 0 Å². The molecule has 8 rings (SSSR count). The molecule has 3 aromatic carbocycles. The van der Waals surface area contributed by atoms with Gasteiger partial charge >= 0.3 is 5.97 Å². The van der Waals surface area contributed by atoms with Gasteiger partial charge in [-0.2, -0.15) is 0 Å². The van der Waals surface area contributed by atoms with Gasteiger partial charge in [0.25, 0.3) is 5.91 Å². The summed E-state index contributed by atoms with van der Waals surface area (Å²) in [5.41, 5.74) is 2.11.